The average Bonchev–Trinajstić information content (AvgIpc) is 2.74. The molecule has 0 atom stereocenters. The van der Waals surface area contributed by atoms with E-state index in [1.54, 1.807) is 6.07 Å². The van der Waals surface area contributed by atoms with E-state index in [4.69, 9.17) is 4.74 Å². The molecule has 3 rings (SSSR count). The Balaban J connectivity index is 1.74. The number of aryl methyl sites for hydroxylation is 1. The Bertz CT molecular complexity index is 1000. The molecule has 0 saturated heterocycles. The summed E-state index contributed by atoms with van der Waals surface area (Å²) < 4.78 is 5.72. The van der Waals surface area contributed by atoms with Crippen LogP contribution in [0.15, 0.2) is 72.8 Å². The average molecular weight is 390 g/mol. The van der Waals surface area contributed by atoms with Crippen molar-refractivity contribution in [2.75, 3.05) is 11.9 Å². The fourth-order valence-electron chi connectivity index (χ4n) is 3.05. The van der Waals surface area contributed by atoms with Crippen molar-refractivity contribution in [2.24, 2.45) is 0 Å². The monoisotopic (exact) mass is 390 g/mol. The van der Waals surface area contributed by atoms with E-state index >= 15 is 0 Å². The molecule has 0 radical (unpaired) electrons. The highest BCUT2D eigenvalue weighted by Gasteiger charge is 2.14. The van der Waals surface area contributed by atoms with E-state index in [1.807, 2.05) is 61.5 Å². The Morgan fingerprint density at radius 2 is 1.72 bits per heavy atom. The number of carbonyl (C=O) groups is 1. The van der Waals surface area contributed by atoms with Crippen LogP contribution in [-0.2, 0) is 17.6 Å². The molecule has 3 aromatic carbocycles. The molecular weight excluding hydrogens is 368 g/mol. The van der Waals surface area contributed by atoms with Crippen LogP contribution in [-0.4, -0.2) is 17.4 Å². The van der Waals surface area contributed by atoms with Crippen molar-refractivity contribution in [3.63, 3.8) is 0 Å². The van der Waals surface area contributed by atoms with Gasteiger partial charge in [0.15, 0.2) is 6.61 Å². The van der Waals surface area contributed by atoms with Gasteiger partial charge in [0.25, 0.3) is 11.6 Å². The van der Waals surface area contributed by atoms with Gasteiger partial charge in [0, 0.05) is 29.8 Å². The maximum atomic E-state index is 12.4. The Morgan fingerprint density at radius 3 is 2.45 bits per heavy atom. The number of nitrogens with one attached hydrogen (secondary N) is 1. The Kier molecular flexibility index (Phi) is 6.58. The summed E-state index contributed by atoms with van der Waals surface area (Å²) in [5.41, 5.74) is 3.45. The number of hydrogen-bond donors (Lipinski definition) is 1. The predicted octanol–water partition coefficient (Wildman–Crippen LogP) is 4.77. The minimum Gasteiger partial charge on any atom is -0.483 e. The molecule has 0 aromatic heterocycles. The zero-order valence-electron chi connectivity index (χ0n) is 16.1. The Hall–Kier alpha value is -3.67. The van der Waals surface area contributed by atoms with Crippen molar-refractivity contribution in [3.05, 3.63) is 99.6 Å². The lowest BCUT2D eigenvalue weighted by Crippen LogP contribution is -2.21. The normalized spacial score (nSPS) is 10.4. The van der Waals surface area contributed by atoms with Crippen LogP contribution < -0.4 is 10.1 Å². The first-order chi connectivity index (χ1) is 14.1. The van der Waals surface area contributed by atoms with Gasteiger partial charge in [-0.1, -0.05) is 55.5 Å². The first kappa shape index (κ1) is 20.1. The van der Waals surface area contributed by atoms with Crippen molar-refractivity contribution < 1.29 is 14.5 Å². The van der Waals surface area contributed by atoms with Gasteiger partial charge in [0.1, 0.15) is 5.75 Å². The first-order valence-corrected chi connectivity index (χ1v) is 9.38. The van der Waals surface area contributed by atoms with E-state index in [9.17, 15) is 14.9 Å². The number of hydrogen-bond acceptors (Lipinski definition) is 4. The Morgan fingerprint density at radius 1 is 1.00 bits per heavy atom. The van der Waals surface area contributed by atoms with Gasteiger partial charge in [-0.3, -0.25) is 14.9 Å². The molecule has 0 saturated carbocycles. The zero-order valence-corrected chi connectivity index (χ0v) is 16.1. The van der Waals surface area contributed by atoms with Crippen LogP contribution >= 0.6 is 0 Å². The molecule has 6 heteroatoms. The third kappa shape index (κ3) is 5.42. The number of nitro benzene ring substituents is 1. The van der Waals surface area contributed by atoms with Gasteiger partial charge < -0.3 is 10.1 Å². The van der Waals surface area contributed by atoms with Crippen molar-refractivity contribution in [1.29, 1.82) is 0 Å². The molecule has 3 aromatic rings. The van der Waals surface area contributed by atoms with Crippen molar-refractivity contribution in [2.45, 2.75) is 19.8 Å². The van der Waals surface area contributed by atoms with Crippen LogP contribution in [0.1, 0.15) is 23.6 Å². The molecule has 1 amide bonds. The fraction of sp³-hybridized carbons (Fsp3) is 0.174. The molecule has 29 heavy (non-hydrogen) atoms. The smallest absolute Gasteiger partial charge is 0.269 e. The molecular formula is C23H22N2O4. The second-order valence-corrected chi connectivity index (χ2v) is 6.56. The highest BCUT2D eigenvalue weighted by Crippen LogP contribution is 2.27. The lowest BCUT2D eigenvalue weighted by Gasteiger charge is -2.13. The summed E-state index contributed by atoms with van der Waals surface area (Å²) in [6.45, 7) is 1.84. The van der Waals surface area contributed by atoms with E-state index in [0.29, 0.717) is 17.7 Å². The number of carbonyl (C=O) groups excluding carboxylic acids is 1. The summed E-state index contributed by atoms with van der Waals surface area (Å²) in [7, 11) is 0. The summed E-state index contributed by atoms with van der Waals surface area (Å²) >= 11 is 0. The molecule has 0 fully saturated rings. The van der Waals surface area contributed by atoms with Gasteiger partial charge >= 0.3 is 0 Å². The molecule has 0 bridgehead atoms. The molecule has 1 N–H and O–H groups in total. The van der Waals surface area contributed by atoms with Crippen LogP contribution in [0.4, 0.5) is 11.4 Å². The summed E-state index contributed by atoms with van der Waals surface area (Å²) in [6, 6.07) is 21.6. The minimum atomic E-state index is -0.438. The SMILES string of the molecule is CCc1ccccc1NC(=O)COc1ccc([N+](=O)[O-])cc1Cc1ccccc1. The maximum Gasteiger partial charge on any atom is 0.269 e. The molecule has 0 aliphatic heterocycles. The molecule has 0 spiro atoms. The predicted molar refractivity (Wildman–Crippen MR) is 112 cm³/mol. The van der Waals surface area contributed by atoms with Gasteiger partial charge in [-0.2, -0.15) is 0 Å². The van der Waals surface area contributed by atoms with Gasteiger partial charge in [-0.25, -0.2) is 0 Å². The highest BCUT2D eigenvalue weighted by atomic mass is 16.6. The zero-order chi connectivity index (χ0) is 20.6. The van der Waals surface area contributed by atoms with Gasteiger partial charge in [0.2, 0.25) is 0 Å². The van der Waals surface area contributed by atoms with E-state index in [1.165, 1.54) is 12.1 Å². The topological polar surface area (TPSA) is 81.5 Å². The molecule has 148 valence electrons. The van der Waals surface area contributed by atoms with Crippen LogP contribution in [0.3, 0.4) is 0 Å². The van der Waals surface area contributed by atoms with Crippen LogP contribution in [0.2, 0.25) is 0 Å². The number of non-ortho nitro benzene ring substituents is 1. The number of anilines is 1. The lowest BCUT2D eigenvalue weighted by molar-refractivity contribution is -0.384. The third-order valence-electron chi connectivity index (χ3n) is 4.52. The van der Waals surface area contributed by atoms with E-state index < -0.39 is 4.92 Å². The standard InChI is InChI=1S/C23H22N2O4/c1-2-18-10-6-7-11-21(18)24-23(26)16-29-22-13-12-20(25(27)28)15-19(22)14-17-8-4-3-5-9-17/h3-13,15H,2,14,16H2,1H3,(H,24,26). The fourth-order valence-corrected chi connectivity index (χ4v) is 3.05. The number of rotatable bonds is 8. The number of para-hydroxylation sites is 1. The molecule has 6 nitrogen and oxygen atoms in total. The second kappa shape index (κ2) is 9.50. The van der Waals surface area contributed by atoms with Gasteiger partial charge in [-0.05, 0) is 29.7 Å². The van der Waals surface area contributed by atoms with Gasteiger partial charge in [0.05, 0.1) is 4.92 Å². The number of nitro groups is 1. The summed E-state index contributed by atoms with van der Waals surface area (Å²) in [4.78, 5) is 23.1. The number of amides is 1. The summed E-state index contributed by atoms with van der Waals surface area (Å²) in [6.07, 6.45) is 1.28. The van der Waals surface area contributed by atoms with E-state index in [-0.39, 0.29) is 18.2 Å². The minimum absolute atomic E-state index is 0.00962. The van der Waals surface area contributed by atoms with Crippen LogP contribution in [0.5, 0.6) is 5.75 Å². The van der Waals surface area contributed by atoms with Crippen molar-refractivity contribution in [1.82, 2.24) is 0 Å². The third-order valence-corrected chi connectivity index (χ3v) is 4.52. The summed E-state index contributed by atoms with van der Waals surface area (Å²) in [5.74, 6) is 0.174. The largest absolute Gasteiger partial charge is 0.483 e. The molecule has 0 heterocycles. The van der Waals surface area contributed by atoms with Crippen molar-refractivity contribution >= 4 is 17.3 Å². The first-order valence-electron chi connectivity index (χ1n) is 9.38. The quantitative estimate of drug-likeness (QED) is 0.444. The van der Waals surface area contributed by atoms with Gasteiger partial charge in [-0.15, -0.1) is 0 Å². The molecule has 0 aliphatic rings. The van der Waals surface area contributed by atoms with E-state index in [2.05, 4.69) is 5.32 Å². The van der Waals surface area contributed by atoms with E-state index in [0.717, 1.165) is 23.2 Å². The van der Waals surface area contributed by atoms with Crippen molar-refractivity contribution in [3.8, 4) is 5.75 Å². The highest BCUT2D eigenvalue weighted by molar-refractivity contribution is 5.92. The second-order valence-electron chi connectivity index (χ2n) is 6.56. The summed E-state index contributed by atoms with van der Waals surface area (Å²) in [5, 5.41) is 14.0. The molecule has 0 unspecified atom stereocenters. The maximum absolute atomic E-state index is 12.4. The number of ether oxygens (including phenoxy) is 1. The lowest BCUT2D eigenvalue weighted by atomic mass is 10.0. The number of nitrogens with zero attached hydrogens (tertiary/aromatic N) is 1. The van der Waals surface area contributed by atoms with Crippen LogP contribution in [0.25, 0.3) is 0 Å². The van der Waals surface area contributed by atoms with Crippen LogP contribution in [0, 0.1) is 10.1 Å². The number of benzene rings is 3. The Labute approximate surface area is 169 Å². The molecule has 0 aliphatic carbocycles.